The number of rotatable bonds is 2. The van der Waals surface area contributed by atoms with E-state index in [4.69, 9.17) is 11.6 Å². The predicted octanol–water partition coefficient (Wildman–Crippen LogP) is 4.52. The number of nitrogens with one attached hydrogen (secondary N) is 1. The molecule has 1 amide bonds. The molecule has 2 fully saturated rings. The van der Waals surface area contributed by atoms with Gasteiger partial charge in [0.1, 0.15) is 11.4 Å². The Kier molecular flexibility index (Phi) is 4.05. The molecule has 2 aliphatic heterocycles. The van der Waals surface area contributed by atoms with Gasteiger partial charge in [0.2, 0.25) is 0 Å². The second-order valence-corrected chi connectivity index (χ2v) is 9.65. The predicted molar refractivity (Wildman–Crippen MR) is 107 cm³/mol. The van der Waals surface area contributed by atoms with Crippen molar-refractivity contribution >= 4 is 23.3 Å². The average Bonchev–Trinajstić information content (AvgIpc) is 3.01. The maximum atomic E-state index is 13.3. The van der Waals surface area contributed by atoms with Crippen LogP contribution in [0.3, 0.4) is 0 Å². The number of carbonyl (C=O) groups is 1. The van der Waals surface area contributed by atoms with Gasteiger partial charge in [0, 0.05) is 25.0 Å². The van der Waals surface area contributed by atoms with E-state index in [0.717, 1.165) is 31.3 Å². The highest BCUT2D eigenvalue weighted by Gasteiger charge is 2.62. The van der Waals surface area contributed by atoms with Gasteiger partial charge in [-0.25, -0.2) is 4.68 Å². The van der Waals surface area contributed by atoms with Crippen LogP contribution < -0.4 is 5.32 Å². The van der Waals surface area contributed by atoms with E-state index in [2.05, 4.69) is 24.3 Å². The van der Waals surface area contributed by atoms with Gasteiger partial charge in [-0.15, -0.1) is 0 Å². The number of halogens is 4. The van der Waals surface area contributed by atoms with Crippen LogP contribution in [0.2, 0.25) is 5.02 Å². The lowest BCUT2D eigenvalue weighted by molar-refractivity contribution is -0.137. The molecule has 1 aliphatic carbocycles. The third-order valence-electron chi connectivity index (χ3n) is 6.88. The third kappa shape index (κ3) is 2.83. The molecule has 1 saturated carbocycles. The summed E-state index contributed by atoms with van der Waals surface area (Å²) >= 11 is 5.78. The molecule has 1 aromatic heterocycles. The standard InChI is InChI=1S/C21H22ClF3N4O/c1-19(2)5-6-26-17-14(9-27-29(17)19)18(30)28-10-13-8-20(13,11-28)12-3-4-16(22)15(7-12)21(23,24)25/h3-4,7,9,13,26H,5-6,8,10-11H2,1-2H3. The van der Waals surface area contributed by atoms with Crippen LogP contribution in [0.5, 0.6) is 0 Å². The zero-order valence-electron chi connectivity index (χ0n) is 16.7. The summed E-state index contributed by atoms with van der Waals surface area (Å²) in [5, 5.41) is 7.40. The molecule has 160 valence electrons. The lowest BCUT2D eigenvalue weighted by Crippen LogP contribution is -2.37. The normalized spacial score (nSPS) is 26.7. The van der Waals surface area contributed by atoms with Crippen molar-refractivity contribution in [1.82, 2.24) is 14.7 Å². The van der Waals surface area contributed by atoms with E-state index < -0.39 is 17.2 Å². The van der Waals surface area contributed by atoms with Crippen LogP contribution in [-0.4, -0.2) is 40.2 Å². The molecule has 3 aliphatic rings. The number of amides is 1. The molecule has 9 heteroatoms. The number of nitrogens with zero attached hydrogens (tertiary/aromatic N) is 3. The fraction of sp³-hybridized carbons (Fsp3) is 0.524. The molecule has 2 aromatic rings. The van der Waals surface area contributed by atoms with Gasteiger partial charge in [-0.05, 0) is 50.3 Å². The van der Waals surface area contributed by atoms with Gasteiger partial charge in [0.15, 0.2) is 0 Å². The molecule has 0 radical (unpaired) electrons. The van der Waals surface area contributed by atoms with Gasteiger partial charge in [-0.1, -0.05) is 17.7 Å². The van der Waals surface area contributed by atoms with E-state index in [1.807, 2.05) is 4.68 Å². The van der Waals surface area contributed by atoms with Gasteiger partial charge in [0.25, 0.3) is 5.91 Å². The Hall–Kier alpha value is -2.22. The van der Waals surface area contributed by atoms with Crippen LogP contribution in [0, 0.1) is 5.92 Å². The van der Waals surface area contributed by atoms with Crippen molar-refractivity contribution in [1.29, 1.82) is 0 Å². The number of carbonyl (C=O) groups excluding carboxylic acids is 1. The number of anilines is 1. The highest BCUT2D eigenvalue weighted by Crippen LogP contribution is 2.60. The van der Waals surface area contributed by atoms with E-state index >= 15 is 0 Å². The average molecular weight is 439 g/mol. The maximum Gasteiger partial charge on any atom is 0.417 e. The molecule has 5 rings (SSSR count). The van der Waals surface area contributed by atoms with E-state index in [1.165, 1.54) is 6.07 Å². The van der Waals surface area contributed by atoms with Crippen molar-refractivity contribution in [3.05, 3.63) is 46.1 Å². The molecule has 0 spiro atoms. The van der Waals surface area contributed by atoms with E-state index in [9.17, 15) is 18.0 Å². The smallest absolute Gasteiger partial charge is 0.370 e. The number of hydrogen-bond donors (Lipinski definition) is 1. The molecule has 1 saturated heterocycles. The zero-order valence-corrected chi connectivity index (χ0v) is 17.4. The first kappa shape index (κ1) is 19.7. The first-order valence-corrected chi connectivity index (χ1v) is 10.4. The summed E-state index contributed by atoms with van der Waals surface area (Å²) < 4.78 is 41.8. The van der Waals surface area contributed by atoms with Crippen LogP contribution in [0.4, 0.5) is 19.0 Å². The monoisotopic (exact) mass is 438 g/mol. The summed E-state index contributed by atoms with van der Waals surface area (Å²) in [6.07, 6.45) is -1.22. The molecular formula is C21H22ClF3N4O. The maximum absolute atomic E-state index is 13.3. The fourth-order valence-corrected chi connectivity index (χ4v) is 5.26. The molecule has 1 N–H and O–H groups in total. The lowest BCUT2D eigenvalue weighted by Gasteiger charge is -2.33. The van der Waals surface area contributed by atoms with Crippen LogP contribution in [0.1, 0.15) is 48.2 Å². The Labute approximate surface area is 177 Å². The van der Waals surface area contributed by atoms with Gasteiger partial charge < -0.3 is 10.2 Å². The molecule has 5 nitrogen and oxygen atoms in total. The van der Waals surface area contributed by atoms with E-state index in [0.29, 0.717) is 24.2 Å². The Morgan fingerprint density at radius 2 is 2.10 bits per heavy atom. The highest BCUT2D eigenvalue weighted by molar-refractivity contribution is 6.31. The van der Waals surface area contributed by atoms with Crippen LogP contribution >= 0.6 is 11.6 Å². The van der Waals surface area contributed by atoms with Crippen molar-refractivity contribution in [3.8, 4) is 0 Å². The van der Waals surface area contributed by atoms with Crippen LogP contribution in [0.15, 0.2) is 24.4 Å². The van der Waals surface area contributed by atoms with Gasteiger partial charge in [-0.2, -0.15) is 18.3 Å². The summed E-state index contributed by atoms with van der Waals surface area (Å²) in [6.45, 7) is 5.87. The number of alkyl halides is 3. The second kappa shape index (κ2) is 6.15. The molecular weight excluding hydrogens is 417 g/mol. The Bertz CT molecular complexity index is 1050. The lowest BCUT2D eigenvalue weighted by atomic mass is 9.93. The number of likely N-dealkylation sites (tertiary alicyclic amines) is 1. The van der Waals surface area contributed by atoms with Crippen molar-refractivity contribution < 1.29 is 18.0 Å². The minimum atomic E-state index is -4.50. The van der Waals surface area contributed by atoms with Crippen LogP contribution in [0.25, 0.3) is 0 Å². The molecule has 3 heterocycles. The van der Waals surface area contributed by atoms with Gasteiger partial charge in [0.05, 0.1) is 22.3 Å². The summed E-state index contributed by atoms with van der Waals surface area (Å²) in [6, 6.07) is 4.13. The Morgan fingerprint density at radius 3 is 2.83 bits per heavy atom. The van der Waals surface area contributed by atoms with Gasteiger partial charge in [-0.3, -0.25) is 4.79 Å². The molecule has 1 aromatic carbocycles. The summed E-state index contributed by atoms with van der Waals surface area (Å²) in [7, 11) is 0. The minimum Gasteiger partial charge on any atom is -0.370 e. The first-order valence-electron chi connectivity index (χ1n) is 10.0. The zero-order chi connectivity index (χ0) is 21.5. The number of fused-ring (bicyclic) bond motifs is 2. The molecule has 30 heavy (non-hydrogen) atoms. The quantitative estimate of drug-likeness (QED) is 0.750. The van der Waals surface area contributed by atoms with Gasteiger partial charge >= 0.3 is 6.18 Å². The summed E-state index contributed by atoms with van der Waals surface area (Å²) in [5.74, 6) is 0.759. The van der Waals surface area contributed by atoms with Crippen molar-refractivity contribution in [3.63, 3.8) is 0 Å². The number of aromatic nitrogens is 2. The SMILES string of the molecule is CC1(C)CCNc2c(C(=O)N3CC4CC4(c4ccc(Cl)c(C(F)(F)F)c4)C3)cnn21. The van der Waals surface area contributed by atoms with E-state index in [1.54, 1.807) is 17.2 Å². The second-order valence-electron chi connectivity index (χ2n) is 9.24. The van der Waals surface area contributed by atoms with E-state index in [-0.39, 0.29) is 22.4 Å². The summed E-state index contributed by atoms with van der Waals surface area (Å²) in [4.78, 5) is 15.0. The van der Waals surface area contributed by atoms with Crippen molar-refractivity contribution in [2.75, 3.05) is 25.0 Å². The Morgan fingerprint density at radius 1 is 1.33 bits per heavy atom. The third-order valence-corrected chi connectivity index (χ3v) is 7.21. The van der Waals surface area contributed by atoms with Crippen molar-refractivity contribution in [2.24, 2.45) is 5.92 Å². The topological polar surface area (TPSA) is 50.2 Å². The number of benzene rings is 1. The molecule has 2 unspecified atom stereocenters. The largest absolute Gasteiger partial charge is 0.417 e. The fourth-order valence-electron chi connectivity index (χ4n) is 5.03. The number of piperidine rings is 1. The highest BCUT2D eigenvalue weighted by atomic mass is 35.5. The minimum absolute atomic E-state index is 0.127. The summed E-state index contributed by atoms with van der Waals surface area (Å²) in [5.41, 5.74) is -0.281. The number of hydrogen-bond acceptors (Lipinski definition) is 3. The molecule has 0 bridgehead atoms. The van der Waals surface area contributed by atoms with Crippen LogP contribution in [-0.2, 0) is 17.1 Å². The first-order chi connectivity index (χ1) is 14.0. The van der Waals surface area contributed by atoms with Crippen molar-refractivity contribution in [2.45, 2.75) is 43.8 Å². The molecule has 2 atom stereocenters. The Balaban J connectivity index is 1.41.